The fourth-order valence-electron chi connectivity index (χ4n) is 2.45. The fourth-order valence-corrected chi connectivity index (χ4v) is 3.90. The molecule has 1 heterocycles. The number of ether oxygens (including phenoxy) is 1. The van der Waals surface area contributed by atoms with E-state index in [0.717, 1.165) is 5.56 Å². The number of hydrogen-bond donors (Lipinski definition) is 1. The number of benzene rings is 1. The van der Waals surface area contributed by atoms with E-state index in [1.54, 1.807) is 26.0 Å². The number of nitrogens with one attached hydrogen (secondary N) is 1. The predicted octanol–water partition coefficient (Wildman–Crippen LogP) is 1.59. The average Bonchev–Trinajstić information content (AvgIpc) is 2.72. The van der Waals surface area contributed by atoms with Crippen molar-refractivity contribution in [3.05, 3.63) is 59.9 Å². The molecule has 1 amide bonds. The van der Waals surface area contributed by atoms with E-state index in [-0.39, 0.29) is 11.4 Å². The van der Waals surface area contributed by atoms with Crippen LogP contribution < -0.4 is 5.32 Å². The Morgan fingerprint density at radius 3 is 2.21 bits per heavy atom. The number of carbonyl (C=O) groups is 2. The van der Waals surface area contributed by atoms with Gasteiger partial charge < -0.3 is 10.1 Å². The average molecular weight is 405 g/mol. The summed E-state index contributed by atoms with van der Waals surface area (Å²) < 4.78 is 31.2. The van der Waals surface area contributed by atoms with Crippen LogP contribution in [-0.4, -0.2) is 49.3 Å². The molecule has 0 unspecified atom stereocenters. The number of rotatable bonds is 9. The first-order valence-corrected chi connectivity index (χ1v) is 10.3. The zero-order chi connectivity index (χ0) is 20.6. The summed E-state index contributed by atoms with van der Waals surface area (Å²) in [7, 11) is -3.51. The quantitative estimate of drug-likeness (QED) is 0.635. The largest absolute Gasteiger partial charge is 0.452 e. The maximum Gasteiger partial charge on any atom is 0.338 e. The summed E-state index contributed by atoms with van der Waals surface area (Å²) >= 11 is 0. The van der Waals surface area contributed by atoms with Gasteiger partial charge in [-0.05, 0) is 29.8 Å². The molecule has 1 aromatic heterocycles. The van der Waals surface area contributed by atoms with Crippen molar-refractivity contribution in [1.29, 1.82) is 0 Å². The van der Waals surface area contributed by atoms with E-state index in [1.807, 2.05) is 0 Å². The van der Waals surface area contributed by atoms with Crippen LogP contribution in [0.1, 0.15) is 29.8 Å². The Morgan fingerprint density at radius 2 is 1.64 bits per heavy atom. The molecule has 0 atom stereocenters. The molecule has 28 heavy (non-hydrogen) atoms. The highest BCUT2D eigenvalue weighted by atomic mass is 32.2. The highest BCUT2D eigenvalue weighted by Crippen LogP contribution is 2.16. The van der Waals surface area contributed by atoms with Crippen molar-refractivity contribution < 1.29 is 22.7 Å². The molecular formula is C19H23N3O5S. The van der Waals surface area contributed by atoms with Crippen LogP contribution >= 0.6 is 0 Å². The zero-order valence-corrected chi connectivity index (χ0v) is 16.6. The Balaban J connectivity index is 1.86. The summed E-state index contributed by atoms with van der Waals surface area (Å²) in [5.74, 6) is -1.06. The standard InChI is InChI=1S/C19H23N3O5S/c1-3-22(4-2)28(25,26)17-7-5-15(6-8-17)13-21-18(23)14-27-19(24)16-9-11-20-12-10-16/h5-12H,3-4,13-14H2,1-2H3,(H,21,23). The third kappa shape index (κ3) is 5.61. The number of hydrogen-bond acceptors (Lipinski definition) is 6. The van der Waals surface area contributed by atoms with Crippen LogP contribution in [0.5, 0.6) is 0 Å². The van der Waals surface area contributed by atoms with Gasteiger partial charge in [0.2, 0.25) is 10.0 Å². The van der Waals surface area contributed by atoms with Crippen LogP contribution in [0.3, 0.4) is 0 Å². The Hall–Kier alpha value is -2.78. The van der Waals surface area contributed by atoms with E-state index < -0.39 is 28.5 Å². The van der Waals surface area contributed by atoms with Crippen molar-refractivity contribution in [2.45, 2.75) is 25.3 Å². The first kappa shape index (κ1) is 21.5. The fraction of sp³-hybridized carbons (Fsp3) is 0.316. The normalized spacial score (nSPS) is 11.2. The molecular weight excluding hydrogens is 382 g/mol. The lowest BCUT2D eigenvalue weighted by atomic mass is 10.2. The van der Waals surface area contributed by atoms with Gasteiger partial charge in [-0.25, -0.2) is 13.2 Å². The van der Waals surface area contributed by atoms with Crippen molar-refractivity contribution >= 4 is 21.9 Å². The van der Waals surface area contributed by atoms with E-state index in [1.165, 1.54) is 41.0 Å². The van der Waals surface area contributed by atoms with Crippen LogP contribution in [0.15, 0.2) is 53.7 Å². The summed E-state index contributed by atoms with van der Waals surface area (Å²) in [6, 6.07) is 9.29. The van der Waals surface area contributed by atoms with Crippen molar-refractivity contribution in [3.8, 4) is 0 Å². The van der Waals surface area contributed by atoms with Crippen LogP contribution in [-0.2, 0) is 26.1 Å². The third-order valence-electron chi connectivity index (χ3n) is 4.01. The molecule has 2 aromatic rings. The molecule has 1 aromatic carbocycles. The van der Waals surface area contributed by atoms with Gasteiger partial charge in [-0.2, -0.15) is 4.31 Å². The number of sulfonamides is 1. The zero-order valence-electron chi connectivity index (χ0n) is 15.8. The van der Waals surface area contributed by atoms with E-state index in [2.05, 4.69) is 10.3 Å². The molecule has 2 rings (SSSR count). The highest BCUT2D eigenvalue weighted by molar-refractivity contribution is 7.89. The topological polar surface area (TPSA) is 106 Å². The number of aromatic nitrogens is 1. The molecule has 0 aliphatic rings. The summed E-state index contributed by atoms with van der Waals surface area (Å²) in [5, 5.41) is 2.62. The molecule has 0 radical (unpaired) electrons. The molecule has 150 valence electrons. The van der Waals surface area contributed by atoms with E-state index in [9.17, 15) is 18.0 Å². The molecule has 0 bridgehead atoms. The van der Waals surface area contributed by atoms with Crippen molar-refractivity contribution in [1.82, 2.24) is 14.6 Å². The lowest BCUT2D eigenvalue weighted by Crippen LogP contribution is -2.30. The van der Waals surface area contributed by atoms with Crippen molar-refractivity contribution in [2.75, 3.05) is 19.7 Å². The maximum absolute atomic E-state index is 12.4. The van der Waals surface area contributed by atoms with Crippen molar-refractivity contribution in [3.63, 3.8) is 0 Å². The van der Waals surface area contributed by atoms with Gasteiger partial charge in [0.05, 0.1) is 10.5 Å². The van der Waals surface area contributed by atoms with E-state index in [0.29, 0.717) is 18.7 Å². The lowest BCUT2D eigenvalue weighted by molar-refractivity contribution is -0.124. The van der Waals surface area contributed by atoms with Gasteiger partial charge in [0, 0.05) is 32.0 Å². The Labute approximate surface area is 164 Å². The van der Waals surface area contributed by atoms with Crippen LogP contribution in [0, 0.1) is 0 Å². The highest BCUT2D eigenvalue weighted by Gasteiger charge is 2.21. The smallest absolute Gasteiger partial charge is 0.338 e. The Morgan fingerprint density at radius 1 is 1.04 bits per heavy atom. The Bertz CT molecular complexity index is 895. The maximum atomic E-state index is 12.4. The van der Waals surface area contributed by atoms with Gasteiger partial charge in [0.15, 0.2) is 6.61 Å². The minimum Gasteiger partial charge on any atom is -0.452 e. The van der Waals surface area contributed by atoms with Crippen LogP contribution in [0.25, 0.3) is 0 Å². The predicted molar refractivity (Wildman–Crippen MR) is 103 cm³/mol. The van der Waals surface area contributed by atoms with Crippen LogP contribution in [0.4, 0.5) is 0 Å². The molecule has 0 aliphatic heterocycles. The number of amides is 1. The first-order chi connectivity index (χ1) is 13.4. The number of nitrogens with zero attached hydrogens (tertiary/aromatic N) is 2. The monoisotopic (exact) mass is 405 g/mol. The minimum absolute atomic E-state index is 0.192. The van der Waals surface area contributed by atoms with E-state index >= 15 is 0 Å². The second-order valence-corrected chi connectivity index (χ2v) is 7.76. The Kier molecular flexibility index (Phi) is 7.65. The van der Waals surface area contributed by atoms with Gasteiger partial charge in [0.25, 0.3) is 5.91 Å². The molecule has 8 nitrogen and oxygen atoms in total. The van der Waals surface area contributed by atoms with Gasteiger partial charge in [-0.15, -0.1) is 0 Å². The second kappa shape index (κ2) is 9.95. The molecule has 9 heteroatoms. The molecule has 0 aliphatic carbocycles. The molecule has 0 saturated carbocycles. The van der Waals surface area contributed by atoms with Gasteiger partial charge >= 0.3 is 5.97 Å². The molecule has 0 saturated heterocycles. The van der Waals surface area contributed by atoms with Gasteiger partial charge in [-0.3, -0.25) is 9.78 Å². The molecule has 0 fully saturated rings. The molecule has 0 spiro atoms. The summed E-state index contributed by atoms with van der Waals surface area (Å²) in [4.78, 5) is 27.6. The van der Waals surface area contributed by atoms with Gasteiger partial charge in [0.1, 0.15) is 0 Å². The number of carbonyl (C=O) groups excluding carboxylic acids is 2. The summed E-state index contributed by atoms with van der Waals surface area (Å²) in [6.45, 7) is 4.15. The minimum atomic E-state index is -3.51. The number of esters is 1. The second-order valence-electron chi connectivity index (χ2n) is 5.82. The van der Waals surface area contributed by atoms with E-state index in [4.69, 9.17) is 4.74 Å². The number of pyridine rings is 1. The van der Waals surface area contributed by atoms with Gasteiger partial charge in [-0.1, -0.05) is 26.0 Å². The van der Waals surface area contributed by atoms with Crippen molar-refractivity contribution in [2.24, 2.45) is 0 Å². The summed E-state index contributed by atoms with van der Waals surface area (Å²) in [5.41, 5.74) is 1.04. The third-order valence-corrected chi connectivity index (χ3v) is 6.07. The summed E-state index contributed by atoms with van der Waals surface area (Å²) in [6.07, 6.45) is 2.92. The molecule has 1 N–H and O–H groups in total. The first-order valence-electron chi connectivity index (χ1n) is 8.81. The van der Waals surface area contributed by atoms with Crippen LogP contribution in [0.2, 0.25) is 0 Å². The lowest BCUT2D eigenvalue weighted by Gasteiger charge is -2.18. The SMILES string of the molecule is CCN(CC)S(=O)(=O)c1ccc(CNC(=O)COC(=O)c2ccncc2)cc1.